The largest absolute Gasteiger partial charge is 0.396 e. The van der Waals surface area contributed by atoms with Gasteiger partial charge in [0.05, 0.1) is 0 Å². The normalized spacial score (nSPS) is 14.9. The predicted octanol–water partition coefficient (Wildman–Crippen LogP) is 1.87. The molecule has 0 bridgehead atoms. The maximum atomic E-state index is 13.7. The van der Waals surface area contributed by atoms with E-state index in [0.29, 0.717) is 6.42 Å². The van der Waals surface area contributed by atoms with E-state index in [1.165, 1.54) is 13.0 Å². The Hall–Kier alpha value is -1.00. The number of nitrogens with two attached hydrogens (primary N) is 1. The average Bonchev–Trinajstić information content (AvgIpc) is 2.23. The Morgan fingerprint density at radius 2 is 1.94 bits per heavy atom. The lowest BCUT2D eigenvalue weighted by atomic mass is 9.79. The van der Waals surface area contributed by atoms with E-state index in [0.717, 1.165) is 6.07 Å². The maximum Gasteiger partial charge on any atom is 0.127 e. The molecule has 1 unspecified atom stereocenters. The fourth-order valence-electron chi connectivity index (χ4n) is 1.70. The summed E-state index contributed by atoms with van der Waals surface area (Å²) in [5, 5.41) is 8.94. The van der Waals surface area contributed by atoms with Crippen molar-refractivity contribution in [3.8, 4) is 0 Å². The van der Waals surface area contributed by atoms with Crippen LogP contribution in [0.5, 0.6) is 0 Å². The second kappa shape index (κ2) is 4.89. The topological polar surface area (TPSA) is 46.2 Å². The van der Waals surface area contributed by atoms with E-state index >= 15 is 0 Å². The van der Waals surface area contributed by atoms with Crippen LogP contribution in [0, 0.1) is 18.6 Å². The zero-order valence-electron chi connectivity index (χ0n) is 9.56. The molecule has 0 amide bonds. The molecule has 0 spiro atoms. The van der Waals surface area contributed by atoms with Crippen LogP contribution in [0.25, 0.3) is 0 Å². The lowest BCUT2D eigenvalue weighted by Gasteiger charge is -2.28. The SMILES string of the molecule is Cc1cc(F)c(C(C)(CN)CCO)cc1F. The third-order valence-corrected chi connectivity index (χ3v) is 3.01. The molecule has 0 saturated heterocycles. The Balaban J connectivity index is 3.25. The van der Waals surface area contributed by atoms with E-state index in [9.17, 15) is 8.78 Å². The van der Waals surface area contributed by atoms with Gasteiger partial charge in [0.15, 0.2) is 0 Å². The lowest BCUT2D eigenvalue weighted by molar-refractivity contribution is 0.244. The predicted molar refractivity (Wildman–Crippen MR) is 59.2 cm³/mol. The molecule has 0 radical (unpaired) electrons. The summed E-state index contributed by atoms with van der Waals surface area (Å²) in [5.41, 5.74) is 5.35. The minimum atomic E-state index is -0.729. The van der Waals surface area contributed by atoms with Gasteiger partial charge < -0.3 is 10.8 Å². The number of hydrogen-bond donors (Lipinski definition) is 2. The molecule has 0 aliphatic heterocycles. The Bertz CT molecular complexity index is 382. The standard InChI is InChI=1S/C12H17F2NO/c1-8-5-11(14)9(6-10(8)13)12(2,7-15)3-4-16/h5-6,16H,3-4,7,15H2,1-2H3. The highest BCUT2D eigenvalue weighted by Gasteiger charge is 2.28. The minimum absolute atomic E-state index is 0.108. The Morgan fingerprint density at radius 1 is 1.31 bits per heavy atom. The van der Waals surface area contributed by atoms with Crippen LogP contribution >= 0.6 is 0 Å². The molecule has 4 heteroatoms. The molecule has 1 atom stereocenters. The summed E-state index contributed by atoms with van der Waals surface area (Å²) >= 11 is 0. The summed E-state index contributed by atoms with van der Waals surface area (Å²) < 4.78 is 27.1. The molecule has 0 aromatic heterocycles. The molecule has 1 aromatic carbocycles. The van der Waals surface area contributed by atoms with Gasteiger partial charge in [-0.25, -0.2) is 8.78 Å². The molecule has 0 fully saturated rings. The minimum Gasteiger partial charge on any atom is -0.396 e. The monoisotopic (exact) mass is 229 g/mol. The quantitative estimate of drug-likeness (QED) is 0.828. The van der Waals surface area contributed by atoms with Gasteiger partial charge >= 0.3 is 0 Å². The van der Waals surface area contributed by atoms with Gasteiger partial charge in [-0.3, -0.25) is 0 Å². The van der Waals surface area contributed by atoms with E-state index in [4.69, 9.17) is 10.8 Å². The summed E-state index contributed by atoms with van der Waals surface area (Å²) in [6.07, 6.45) is 0.308. The van der Waals surface area contributed by atoms with Crippen LogP contribution in [-0.4, -0.2) is 18.3 Å². The molecular weight excluding hydrogens is 212 g/mol. The van der Waals surface area contributed by atoms with Gasteiger partial charge in [0.2, 0.25) is 0 Å². The first-order valence-corrected chi connectivity index (χ1v) is 5.21. The molecule has 0 aliphatic rings. The van der Waals surface area contributed by atoms with Gasteiger partial charge in [-0.15, -0.1) is 0 Å². The second-order valence-electron chi connectivity index (χ2n) is 4.32. The van der Waals surface area contributed by atoms with Crippen LogP contribution in [0.4, 0.5) is 8.78 Å². The van der Waals surface area contributed by atoms with Gasteiger partial charge in [0, 0.05) is 18.6 Å². The van der Waals surface area contributed by atoms with Crippen molar-refractivity contribution in [2.75, 3.05) is 13.2 Å². The number of aryl methyl sites for hydroxylation is 1. The number of hydrogen-bond acceptors (Lipinski definition) is 2. The number of benzene rings is 1. The Labute approximate surface area is 94.1 Å². The van der Waals surface area contributed by atoms with Gasteiger partial charge in [-0.2, -0.15) is 0 Å². The fraction of sp³-hybridized carbons (Fsp3) is 0.500. The summed E-state index contributed by atoms with van der Waals surface area (Å²) in [6, 6.07) is 2.34. The average molecular weight is 229 g/mol. The van der Waals surface area contributed by atoms with E-state index in [1.54, 1.807) is 6.92 Å². The van der Waals surface area contributed by atoms with Crippen molar-refractivity contribution in [3.63, 3.8) is 0 Å². The molecular formula is C12H17F2NO. The molecule has 0 aliphatic carbocycles. The number of aliphatic hydroxyl groups is 1. The Kier molecular flexibility index (Phi) is 3.99. The third-order valence-electron chi connectivity index (χ3n) is 3.01. The molecule has 90 valence electrons. The third kappa shape index (κ3) is 2.39. The van der Waals surface area contributed by atoms with E-state index in [1.807, 2.05) is 0 Å². The van der Waals surface area contributed by atoms with Crippen molar-refractivity contribution in [3.05, 3.63) is 34.9 Å². The smallest absolute Gasteiger partial charge is 0.127 e. The first kappa shape index (κ1) is 13.1. The highest BCUT2D eigenvalue weighted by molar-refractivity contribution is 5.31. The zero-order chi connectivity index (χ0) is 12.3. The van der Waals surface area contributed by atoms with Crippen LogP contribution in [0.1, 0.15) is 24.5 Å². The second-order valence-corrected chi connectivity index (χ2v) is 4.32. The number of rotatable bonds is 4. The van der Waals surface area contributed by atoms with E-state index < -0.39 is 17.0 Å². The molecule has 3 N–H and O–H groups in total. The van der Waals surface area contributed by atoms with Crippen molar-refractivity contribution in [2.24, 2.45) is 5.73 Å². The summed E-state index contributed by atoms with van der Waals surface area (Å²) in [7, 11) is 0. The van der Waals surface area contributed by atoms with Gasteiger partial charge in [-0.05, 0) is 36.6 Å². The first-order chi connectivity index (χ1) is 7.44. The molecule has 0 heterocycles. The van der Waals surface area contributed by atoms with Crippen LogP contribution in [0.3, 0.4) is 0 Å². The van der Waals surface area contributed by atoms with Gasteiger partial charge in [-0.1, -0.05) is 6.92 Å². The lowest BCUT2D eigenvalue weighted by Crippen LogP contribution is -2.34. The van der Waals surface area contributed by atoms with Gasteiger partial charge in [0.25, 0.3) is 0 Å². The first-order valence-electron chi connectivity index (χ1n) is 5.21. The molecule has 0 saturated carbocycles. The van der Waals surface area contributed by atoms with E-state index in [2.05, 4.69) is 0 Å². The van der Waals surface area contributed by atoms with Crippen molar-refractivity contribution in [2.45, 2.75) is 25.7 Å². The molecule has 1 rings (SSSR count). The van der Waals surface area contributed by atoms with Crippen molar-refractivity contribution in [1.82, 2.24) is 0 Å². The molecule has 1 aromatic rings. The van der Waals surface area contributed by atoms with Gasteiger partial charge in [0.1, 0.15) is 11.6 Å². The van der Waals surface area contributed by atoms with Crippen LogP contribution in [-0.2, 0) is 5.41 Å². The summed E-state index contributed by atoms with van der Waals surface area (Å²) in [4.78, 5) is 0. The van der Waals surface area contributed by atoms with E-state index in [-0.39, 0.29) is 24.3 Å². The van der Waals surface area contributed by atoms with Crippen molar-refractivity contribution in [1.29, 1.82) is 0 Å². The number of aliphatic hydroxyl groups excluding tert-OH is 1. The fourth-order valence-corrected chi connectivity index (χ4v) is 1.70. The number of halogens is 2. The Morgan fingerprint density at radius 3 is 2.44 bits per heavy atom. The van der Waals surface area contributed by atoms with Crippen LogP contribution in [0.2, 0.25) is 0 Å². The highest BCUT2D eigenvalue weighted by Crippen LogP contribution is 2.30. The maximum absolute atomic E-state index is 13.7. The zero-order valence-corrected chi connectivity index (χ0v) is 9.56. The highest BCUT2D eigenvalue weighted by atomic mass is 19.1. The molecule has 16 heavy (non-hydrogen) atoms. The summed E-state index contributed by atoms with van der Waals surface area (Å²) in [5.74, 6) is -0.922. The van der Waals surface area contributed by atoms with Crippen molar-refractivity contribution < 1.29 is 13.9 Å². The van der Waals surface area contributed by atoms with Crippen LogP contribution in [0.15, 0.2) is 12.1 Å². The van der Waals surface area contributed by atoms with Crippen molar-refractivity contribution >= 4 is 0 Å². The molecule has 2 nitrogen and oxygen atoms in total. The summed E-state index contributed by atoms with van der Waals surface area (Å²) in [6.45, 7) is 3.28. The van der Waals surface area contributed by atoms with Crippen LogP contribution < -0.4 is 5.73 Å².